The second-order valence-electron chi connectivity index (χ2n) is 5.00. The molecule has 0 bridgehead atoms. The quantitative estimate of drug-likeness (QED) is 0.738. The first-order valence-corrected chi connectivity index (χ1v) is 7.05. The second kappa shape index (κ2) is 7.08. The van der Waals surface area contributed by atoms with Crippen molar-refractivity contribution in [3.63, 3.8) is 0 Å². The summed E-state index contributed by atoms with van der Waals surface area (Å²) in [5, 5.41) is 13.1. The molecule has 116 valence electrons. The standard InChI is InChI=1S/C18H14FN3.ClH/c1-2-12-3-6-15(7-4-12)22-18-13(10-20)11-21-17-8-5-14(19)9-16(17)18;/h3-9,11H,2H2,1H3,(H,21,22);1H. The Hall–Kier alpha value is -2.64. The van der Waals surface area contributed by atoms with E-state index in [9.17, 15) is 9.65 Å². The van der Waals surface area contributed by atoms with Gasteiger partial charge in [-0.1, -0.05) is 19.1 Å². The number of nitriles is 1. The summed E-state index contributed by atoms with van der Waals surface area (Å²) >= 11 is 0. The Balaban J connectivity index is 0.00000192. The van der Waals surface area contributed by atoms with Crippen molar-refractivity contribution >= 4 is 34.7 Å². The van der Waals surface area contributed by atoms with Crippen LogP contribution >= 0.6 is 12.4 Å². The Bertz CT molecular complexity index is 870. The summed E-state index contributed by atoms with van der Waals surface area (Å²) in [5.41, 5.74) is 3.70. The number of hydrogen-bond donors (Lipinski definition) is 1. The smallest absolute Gasteiger partial charge is 0.124 e. The van der Waals surface area contributed by atoms with Gasteiger partial charge in [0.1, 0.15) is 11.9 Å². The molecule has 0 amide bonds. The number of pyridine rings is 1. The summed E-state index contributed by atoms with van der Waals surface area (Å²) in [5.74, 6) is -0.353. The normalized spacial score (nSPS) is 9.96. The van der Waals surface area contributed by atoms with E-state index in [1.54, 1.807) is 6.07 Å². The van der Waals surface area contributed by atoms with E-state index in [0.717, 1.165) is 12.1 Å². The Morgan fingerprint density at radius 2 is 1.91 bits per heavy atom. The van der Waals surface area contributed by atoms with Crippen LogP contribution in [0.4, 0.5) is 15.8 Å². The van der Waals surface area contributed by atoms with Crippen molar-refractivity contribution in [2.24, 2.45) is 0 Å². The van der Waals surface area contributed by atoms with Crippen LogP contribution in [0.1, 0.15) is 18.1 Å². The lowest BCUT2D eigenvalue weighted by atomic mass is 10.1. The highest BCUT2D eigenvalue weighted by atomic mass is 35.5. The van der Waals surface area contributed by atoms with Crippen molar-refractivity contribution < 1.29 is 4.39 Å². The first-order chi connectivity index (χ1) is 10.7. The van der Waals surface area contributed by atoms with Crippen molar-refractivity contribution in [3.05, 3.63) is 65.6 Å². The van der Waals surface area contributed by atoms with Crippen LogP contribution in [0, 0.1) is 17.1 Å². The van der Waals surface area contributed by atoms with E-state index in [1.165, 1.54) is 23.9 Å². The van der Waals surface area contributed by atoms with Gasteiger partial charge in [0, 0.05) is 17.3 Å². The zero-order valence-corrected chi connectivity index (χ0v) is 13.3. The highest BCUT2D eigenvalue weighted by molar-refractivity contribution is 5.95. The molecule has 1 aromatic heterocycles. The molecular formula is C18H15ClFN3. The van der Waals surface area contributed by atoms with Gasteiger partial charge in [-0.25, -0.2) is 4.39 Å². The molecule has 2 aromatic carbocycles. The average Bonchev–Trinajstić information content (AvgIpc) is 2.56. The van der Waals surface area contributed by atoms with Crippen LogP contribution in [0.2, 0.25) is 0 Å². The molecule has 0 unspecified atom stereocenters. The average molecular weight is 328 g/mol. The van der Waals surface area contributed by atoms with Gasteiger partial charge in [0.15, 0.2) is 0 Å². The third-order valence-corrected chi connectivity index (χ3v) is 3.58. The van der Waals surface area contributed by atoms with Gasteiger partial charge >= 0.3 is 0 Å². The number of nitrogens with one attached hydrogen (secondary N) is 1. The maximum atomic E-state index is 13.6. The Labute approximate surface area is 140 Å². The Kier molecular flexibility index (Phi) is 5.15. The van der Waals surface area contributed by atoms with Crippen LogP contribution in [0.25, 0.3) is 10.9 Å². The first kappa shape index (κ1) is 16.7. The number of anilines is 2. The van der Waals surface area contributed by atoms with E-state index in [0.29, 0.717) is 22.2 Å². The molecule has 23 heavy (non-hydrogen) atoms. The SMILES string of the molecule is CCc1ccc(Nc2c(C#N)cnc3ccc(F)cc23)cc1.Cl. The van der Waals surface area contributed by atoms with Crippen LogP contribution in [-0.2, 0) is 6.42 Å². The molecule has 1 N–H and O–H groups in total. The lowest BCUT2D eigenvalue weighted by Gasteiger charge is -2.12. The van der Waals surface area contributed by atoms with Gasteiger partial charge in [-0.05, 0) is 42.3 Å². The third-order valence-electron chi connectivity index (χ3n) is 3.58. The third kappa shape index (κ3) is 3.41. The van der Waals surface area contributed by atoms with Gasteiger partial charge in [0.25, 0.3) is 0 Å². The fraction of sp³-hybridized carbons (Fsp3) is 0.111. The first-order valence-electron chi connectivity index (χ1n) is 7.05. The zero-order valence-electron chi connectivity index (χ0n) is 12.5. The number of rotatable bonds is 3. The van der Waals surface area contributed by atoms with Gasteiger partial charge in [0.2, 0.25) is 0 Å². The number of aromatic nitrogens is 1. The van der Waals surface area contributed by atoms with Gasteiger partial charge in [-0.15, -0.1) is 12.4 Å². The van der Waals surface area contributed by atoms with Crippen molar-refractivity contribution in [1.82, 2.24) is 4.98 Å². The topological polar surface area (TPSA) is 48.7 Å². The fourth-order valence-electron chi connectivity index (χ4n) is 2.35. The molecule has 0 saturated heterocycles. The van der Waals surface area contributed by atoms with Crippen LogP contribution in [0.3, 0.4) is 0 Å². The second-order valence-corrected chi connectivity index (χ2v) is 5.00. The molecule has 0 atom stereocenters. The van der Waals surface area contributed by atoms with E-state index in [-0.39, 0.29) is 18.2 Å². The minimum Gasteiger partial charge on any atom is -0.354 e. The molecule has 0 aliphatic heterocycles. The number of halogens is 2. The van der Waals surface area contributed by atoms with Crippen molar-refractivity contribution in [2.45, 2.75) is 13.3 Å². The van der Waals surface area contributed by atoms with Crippen LogP contribution < -0.4 is 5.32 Å². The van der Waals surface area contributed by atoms with Gasteiger partial charge in [0.05, 0.1) is 16.8 Å². The predicted octanol–water partition coefficient (Wildman–Crippen LogP) is 4.97. The molecule has 0 spiro atoms. The number of hydrogen-bond acceptors (Lipinski definition) is 3. The van der Waals surface area contributed by atoms with E-state index in [4.69, 9.17) is 0 Å². The highest BCUT2D eigenvalue weighted by Gasteiger charge is 2.10. The largest absolute Gasteiger partial charge is 0.354 e. The lowest BCUT2D eigenvalue weighted by Crippen LogP contribution is -1.97. The van der Waals surface area contributed by atoms with E-state index in [1.807, 2.05) is 24.3 Å². The van der Waals surface area contributed by atoms with Gasteiger partial charge in [-0.2, -0.15) is 5.26 Å². The number of nitrogens with zero attached hydrogens (tertiary/aromatic N) is 2. The van der Waals surface area contributed by atoms with Gasteiger partial charge < -0.3 is 5.32 Å². The Morgan fingerprint density at radius 3 is 2.57 bits per heavy atom. The summed E-state index contributed by atoms with van der Waals surface area (Å²) in [6, 6.07) is 14.4. The number of benzene rings is 2. The highest BCUT2D eigenvalue weighted by Crippen LogP contribution is 2.29. The summed E-state index contributed by atoms with van der Waals surface area (Å²) < 4.78 is 13.6. The predicted molar refractivity (Wildman–Crippen MR) is 92.8 cm³/mol. The molecule has 0 aliphatic carbocycles. The Morgan fingerprint density at radius 1 is 1.17 bits per heavy atom. The molecule has 3 aromatic rings. The van der Waals surface area contributed by atoms with Crippen LogP contribution in [0.15, 0.2) is 48.7 Å². The van der Waals surface area contributed by atoms with Crippen molar-refractivity contribution in [1.29, 1.82) is 5.26 Å². The molecule has 0 aliphatic rings. The molecule has 0 fully saturated rings. The maximum absolute atomic E-state index is 13.6. The van der Waals surface area contributed by atoms with Crippen LogP contribution in [0.5, 0.6) is 0 Å². The molecule has 0 radical (unpaired) electrons. The minimum atomic E-state index is -0.353. The molecule has 5 heteroatoms. The molecule has 3 rings (SSSR count). The minimum absolute atomic E-state index is 0. The molecule has 1 heterocycles. The van der Waals surface area contributed by atoms with Crippen LogP contribution in [-0.4, -0.2) is 4.98 Å². The summed E-state index contributed by atoms with van der Waals surface area (Å²) in [4.78, 5) is 4.19. The maximum Gasteiger partial charge on any atom is 0.124 e. The zero-order chi connectivity index (χ0) is 15.5. The fourth-order valence-corrected chi connectivity index (χ4v) is 2.35. The number of aryl methyl sites for hydroxylation is 1. The summed E-state index contributed by atoms with van der Waals surface area (Å²) in [6.07, 6.45) is 2.47. The summed E-state index contributed by atoms with van der Waals surface area (Å²) in [7, 11) is 0. The van der Waals surface area contributed by atoms with Crippen molar-refractivity contribution in [2.75, 3.05) is 5.32 Å². The van der Waals surface area contributed by atoms with E-state index < -0.39 is 0 Å². The van der Waals surface area contributed by atoms with Crippen molar-refractivity contribution in [3.8, 4) is 6.07 Å². The van der Waals surface area contributed by atoms with E-state index >= 15 is 0 Å². The van der Waals surface area contributed by atoms with Gasteiger partial charge in [-0.3, -0.25) is 4.98 Å². The monoisotopic (exact) mass is 327 g/mol. The molecule has 0 saturated carbocycles. The lowest BCUT2D eigenvalue weighted by molar-refractivity contribution is 0.629. The number of fused-ring (bicyclic) bond motifs is 1. The summed E-state index contributed by atoms with van der Waals surface area (Å²) in [6.45, 7) is 2.09. The van der Waals surface area contributed by atoms with E-state index in [2.05, 4.69) is 23.3 Å². The molecule has 3 nitrogen and oxygen atoms in total. The molecular weight excluding hydrogens is 313 g/mol.